The van der Waals surface area contributed by atoms with Crippen LogP contribution in [-0.2, 0) is 9.59 Å². The van der Waals surface area contributed by atoms with Crippen LogP contribution in [0.5, 0.6) is 5.75 Å². The van der Waals surface area contributed by atoms with Gasteiger partial charge in [0.15, 0.2) is 6.61 Å². The number of hydrogen-bond acceptors (Lipinski definition) is 4. The van der Waals surface area contributed by atoms with E-state index in [0.29, 0.717) is 22.9 Å². The molecule has 1 aromatic heterocycles. The summed E-state index contributed by atoms with van der Waals surface area (Å²) in [5.41, 5.74) is 1.10. The van der Waals surface area contributed by atoms with E-state index in [0.717, 1.165) is 0 Å². The lowest BCUT2D eigenvalue weighted by Gasteiger charge is -2.18. The number of hydrogen-bond donors (Lipinski definition) is 2. The molecular weight excluding hydrogens is 272 g/mol. The molecule has 0 aliphatic carbocycles. The molecule has 2 N–H and O–H groups in total. The third kappa shape index (κ3) is 3.11. The molecule has 2 heterocycles. The van der Waals surface area contributed by atoms with Crippen molar-refractivity contribution < 1.29 is 18.7 Å². The van der Waals surface area contributed by atoms with Gasteiger partial charge in [0.2, 0.25) is 5.91 Å². The van der Waals surface area contributed by atoms with Crippen LogP contribution in [0.2, 0.25) is 0 Å². The standard InChI is InChI=1S/C15H12N2O4/c18-14(6-4-11-2-1-7-20-11)16-10-3-5-13-12(8-10)17-15(19)9-21-13/h1-8H,9H2,(H,16,18)(H,17,19)/b6-4+. The van der Waals surface area contributed by atoms with Gasteiger partial charge in [-0.3, -0.25) is 9.59 Å². The molecule has 21 heavy (non-hydrogen) atoms. The van der Waals surface area contributed by atoms with E-state index in [-0.39, 0.29) is 18.4 Å². The van der Waals surface area contributed by atoms with Crippen LogP contribution in [0.3, 0.4) is 0 Å². The molecule has 1 aromatic carbocycles. The minimum absolute atomic E-state index is 0.00455. The van der Waals surface area contributed by atoms with E-state index < -0.39 is 0 Å². The van der Waals surface area contributed by atoms with Gasteiger partial charge in [0.25, 0.3) is 5.91 Å². The number of nitrogens with one attached hydrogen (secondary N) is 2. The molecule has 2 amide bonds. The van der Waals surface area contributed by atoms with Crippen LogP contribution in [0.15, 0.2) is 47.1 Å². The minimum Gasteiger partial charge on any atom is -0.482 e. The van der Waals surface area contributed by atoms with Gasteiger partial charge in [-0.25, -0.2) is 0 Å². The molecule has 106 valence electrons. The van der Waals surface area contributed by atoms with E-state index >= 15 is 0 Å². The van der Waals surface area contributed by atoms with Crippen LogP contribution in [-0.4, -0.2) is 18.4 Å². The molecule has 2 aromatic rings. The third-order valence-corrected chi connectivity index (χ3v) is 2.82. The van der Waals surface area contributed by atoms with Crippen LogP contribution in [0.4, 0.5) is 11.4 Å². The predicted molar refractivity (Wildman–Crippen MR) is 76.9 cm³/mol. The monoisotopic (exact) mass is 284 g/mol. The first kappa shape index (κ1) is 13.0. The summed E-state index contributed by atoms with van der Waals surface area (Å²) >= 11 is 0. The van der Waals surface area contributed by atoms with E-state index in [1.165, 1.54) is 12.3 Å². The zero-order valence-electron chi connectivity index (χ0n) is 11.0. The Kier molecular flexibility index (Phi) is 3.42. The number of carbonyl (C=O) groups excluding carboxylic acids is 2. The summed E-state index contributed by atoms with van der Waals surface area (Å²) in [6, 6.07) is 8.53. The van der Waals surface area contributed by atoms with Gasteiger partial charge >= 0.3 is 0 Å². The first-order valence-corrected chi connectivity index (χ1v) is 6.30. The summed E-state index contributed by atoms with van der Waals surface area (Å²) in [4.78, 5) is 23.0. The average Bonchev–Trinajstić information content (AvgIpc) is 2.98. The zero-order chi connectivity index (χ0) is 14.7. The van der Waals surface area contributed by atoms with Crippen LogP contribution < -0.4 is 15.4 Å². The molecule has 0 saturated carbocycles. The SMILES string of the molecule is O=C(/C=C/c1ccco1)Nc1ccc2c(c1)NC(=O)CO2. The molecule has 0 bridgehead atoms. The smallest absolute Gasteiger partial charge is 0.262 e. The number of carbonyl (C=O) groups is 2. The molecule has 6 nitrogen and oxygen atoms in total. The van der Waals surface area contributed by atoms with Crippen molar-refractivity contribution in [1.29, 1.82) is 0 Å². The van der Waals surface area contributed by atoms with E-state index in [9.17, 15) is 9.59 Å². The topological polar surface area (TPSA) is 80.6 Å². The van der Waals surface area contributed by atoms with Crippen molar-refractivity contribution in [3.05, 3.63) is 48.4 Å². The van der Waals surface area contributed by atoms with E-state index in [1.54, 1.807) is 36.4 Å². The lowest BCUT2D eigenvalue weighted by molar-refractivity contribution is -0.118. The fraction of sp³-hybridized carbons (Fsp3) is 0.0667. The van der Waals surface area contributed by atoms with Gasteiger partial charge in [-0.1, -0.05) is 0 Å². The normalized spacial score (nSPS) is 13.4. The molecule has 3 rings (SSSR count). The molecule has 0 spiro atoms. The van der Waals surface area contributed by atoms with Crippen molar-refractivity contribution in [2.45, 2.75) is 0 Å². The Balaban J connectivity index is 1.69. The molecule has 0 radical (unpaired) electrons. The number of furan rings is 1. The van der Waals surface area contributed by atoms with Crippen molar-refractivity contribution >= 4 is 29.3 Å². The van der Waals surface area contributed by atoms with Crippen LogP contribution in [0.25, 0.3) is 6.08 Å². The molecule has 0 saturated heterocycles. The molecular formula is C15H12N2O4. The molecule has 0 fully saturated rings. The van der Waals surface area contributed by atoms with Crippen molar-refractivity contribution in [3.63, 3.8) is 0 Å². The summed E-state index contributed by atoms with van der Waals surface area (Å²) < 4.78 is 10.3. The Morgan fingerprint density at radius 3 is 3.05 bits per heavy atom. The Hall–Kier alpha value is -3.02. The second-order valence-corrected chi connectivity index (χ2v) is 4.39. The third-order valence-electron chi connectivity index (χ3n) is 2.82. The fourth-order valence-corrected chi connectivity index (χ4v) is 1.89. The Morgan fingerprint density at radius 1 is 1.33 bits per heavy atom. The van der Waals surface area contributed by atoms with Gasteiger partial charge in [0.1, 0.15) is 11.5 Å². The van der Waals surface area contributed by atoms with Crippen LogP contribution >= 0.6 is 0 Å². The van der Waals surface area contributed by atoms with E-state index in [2.05, 4.69) is 10.6 Å². The van der Waals surface area contributed by atoms with Gasteiger partial charge in [-0.15, -0.1) is 0 Å². The van der Waals surface area contributed by atoms with Crippen molar-refractivity contribution in [2.24, 2.45) is 0 Å². The zero-order valence-corrected chi connectivity index (χ0v) is 11.0. The van der Waals surface area contributed by atoms with E-state index in [4.69, 9.17) is 9.15 Å². The highest BCUT2D eigenvalue weighted by molar-refractivity contribution is 6.03. The van der Waals surface area contributed by atoms with Gasteiger partial charge in [0.05, 0.1) is 12.0 Å². The van der Waals surface area contributed by atoms with Crippen LogP contribution in [0.1, 0.15) is 5.76 Å². The number of benzene rings is 1. The highest BCUT2D eigenvalue weighted by Crippen LogP contribution is 2.30. The quantitative estimate of drug-likeness (QED) is 0.847. The maximum absolute atomic E-state index is 11.8. The molecule has 0 unspecified atom stereocenters. The lowest BCUT2D eigenvalue weighted by atomic mass is 10.2. The van der Waals surface area contributed by atoms with Gasteiger partial charge in [-0.2, -0.15) is 0 Å². The second-order valence-electron chi connectivity index (χ2n) is 4.39. The minimum atomic E-state index is -0.297. The summed E-state index contributed by atoms with van der Waals surface area (Å²) in [5, 5.41) is 5.37. The van der Waals surface area contributed by atoms with Gasteiger partial charge in [-0.05, 0) is 36.4 Å². The molecule has 6 heteroatoms. The number of anilines is 2. The van der Waals surface area contributed by atoms with E-state index in [1.807, 2.05) is 0 Å². The highest BCUT2D eigenvalue weighted by Gasteiger charge is 2.16. The first-order chi connectivity index (χ1) is 10.2. The predicted octanol–water partition coefficient (Wildman–Crippen LogP) is 2.26. The summed E-state index contributed by atoms with van der Waals surface area (Å²) in [6.45, 7) is 0.00455. The Morgan fingerprint density at radius 2 is 2.24 bits per heavy atom. The maximum atomic E-state index is 11.8. The number of fused-ring (bicyclic) bond motifs is 1. The number of rotatable bonds is 3. The van der Waals surface area contributed by atoms with Crippen LogP contribution in [0, 0.1) is 0 Å². The first-order valence-electron chi connectivity index (χ1n) is 6.30. The maximum Gasteiger partial charge on any atom is 0.262 e. The van der Waals surface area contributed by atoms with Gasteiger partial charge < -0.3 is 19.8 Å². The van der Waals surface area contributed by atoms with Gasteiger partial charge in [0, 0.05) is 11.8 Å². The van der Waals surface area contributed by atoms with Crippen molar-refractivity contribution in [3.8, 4) is 5.75 Å². The summed E-state index contributed by atoms with van der Waals surface area (Å²) in [6.07, 6.45) is 4.47. The molecule has 1 aliphatic heterocycles. The Bertz CT molecular complexity index is 704. The largest absolute Gasteiger partial charge is 0.482 e. The molecule has 1 aliphatic rings. The fourth-order valence-electron chi connectivity index (χ4n) is 1.89. The number of ether oxygens (including phenoxy) is 1. The summed E-state index contributed by atoms with van der Waals surface area (Å²) in [7, 11) is 0. The Labute approximate surface area is 120 Å². The summed E-state index contributed by atoms with van der Waals surface area (Å²) in [5.74, 6) is 0.660. The second kappa shape index (κ2) is 5.54. The molecule has 0 atom stereocenters. The lowest BCUT2D eigenvalue weighted by Crippen LogP contribution is -2.25. The number of amides is 2. The van der Waals surface area contributed by atoms with Crippen molar-refractivity contribution in [2.75, 3.05) is 17.2 Å². The average molecular weight is 284 g/mol. The highest BCUT2D eigenvalue weighted by atomic mass is 16.5. The van der Waals surface area contributed by atoms with Crippen molar-refractivity contribution in [1.82, 2.24) is 0 Å².